The maximum atomic E-state index is 6.95. The van der Waals surface area contributed by atoms with Gasteiger partial charge in [0.1, 0.15) is 11.2 Å². The average Bonchev–Trinajstić information content (AvgIpc) is 3.76. The van der Waals surface area contributed by atoms with Crippen LogP contribution in [0.25, 0.3) is 76.9 Å². The van der Waals surface area contributed by atoms with Crippen molar-refractivity contribution in [3.8, 4) is 22.3 Å². The highest BCUT2D eigenvalue weighted by Crippen LogP contribution is 2.48. The summed E-state index contributed by atoms with van der Waals surface area (Å²) in [6, 6.07) is 61.9. The van der Waals surface area contributed by atoms with Crippen LogP contribution in [0.2, 0.25) is 0 Å². The summed E-state index contributed by atoms with van der Waals surface area (Å²) in [5, 5.41) is 6.59. The van der Waals surface area contributed by atoms with Crippen LogP contribution in [0.5, 0.6) is 0 Å². The van der Waals surface area contributed by atoms with Gasteiger partial charge in [-0.1, -0.05) is 133 Å². The van der Waals surface area contributed by atoms with E-state index in [4.69, 9.17) is 8.83 Å². The van der Waals surface area contributed by atoms with Crippen molar-refractivity contribution in [1.82, 2.24) is 0 Å². The Labute approximate surface area is 282 Å². The first-order chi connectivity index (χ1) is 24.3. The lowest BCUT2D eigenvalue weighted by Crippen LogP contribution is -2.11. The summed E-state index contributed by atoms with van der Waals surface area (Å²) in [7, 11) is 0. The van der Waals surface area contributed by atoms with Gasteiger partial charge in [-0.2, -0.15) is 0 Å². The number of furan rings is 2. The molecule has 49 heavy (non-hydrogen) atoms. The second kappa shape index (κ2) is 11.0. The van der Waals surface area contributed by atoms with E-state index in [-0.39, 0.29) is 0 Å². The zero-order valence-electron chi connectivity index (χ0n) is 26.5. The van der Waals surface area contributed by atoms with Gasteiger partial charge in [-0.15, -0.1) is 0 Å². The molecule has 0 bridgehead atoms. The third kappa shape index (κ3) is 4.44. The highest BCUT2D eigenvalue weighted by atomic mass is 16.3. The Hall–Kier alpha value is -6.58. The zero-order valence-corrected chi connectivity index (χ0v) is 26.5. The molecule has 2 heterocycles. The minimum absolute atomic E-state index is 0.827. The van der Waals surface area contributed by atoms with Crippen molar-refractivity contribution >= 4 is 71.7 Å². The quantitative estimate of drug-likeness (QED) is 0.190. The van der Waals surface area contributed by atoms with Gasteiger partial charge in [-0.25, -0.2) is 0 Å². The number of fused-ring (bicyclic) bond motifs is 8. The normalized spacial score (nSPS) is 11.7. The molecule has 0 saturated heterocycles. The predicted octanol–water partition coefficient (Wildman–Crippen LogP) is 13.4. The molecule has 0 aliphatic carbocycles. The Morgan fingerprint density at radius 2 is 0.857 bits per heavy atom. The number of rotatable bonds is 5. The molecular formula is C46H29NO2. The van der Waals surface area contributed by atoms with Crippen molar-refractivity contribution in [3.63, 3.8) is 0 Å². The average molecular weight is 628 g/mol. The van der Waals surface area contributed by atoms with Gasteiger partial charge >= 0.3 is 0 Å². The topological polar surface area (TPSA) is 29.5 Å². The van der Waals surface area contributed by atoms with E-state index in [9.17, 15) is 0 Å². The van der Waals surface area contributed by atoms with Crippen molar-refractivity contribution in [2.24, 2.45) is 0 Å². The van der Waals surface area contributed by atoms with Crippen LogP contribution in [0.1, 0.15) is 0 Å². The molecule has 0 amide bonds. The summed E-state index contributed by atoms with van der Waals surface area (Å²) in [5.41, 5.74) is 10.8. The van der Waals surface area contributed by atoms with Gasteiger partial charge in [0.05, 0.1) is 11.4 Å². The Morgan fingerprint density at radius 1 is 0.327 bits per heavy atom. The number of hydrogen-bond acceptors (Lipinski definition) is 3. The second-order valence-electron chi connectivity index (χ2n) is 12.5. The molecule has 0 unspecified atom stereocenters. The highest BCUT2D eigenvalue weighted by molar-refractivity contribution is 6.18. The van der Waals surface area contributed by atoms with Gasteiger partial charge in [-0.3, -0.25) is 0 Å². The minimum Gasteiger partial charge on any atom is -0.454 e. The molecule has 0 aliphatic rings. The van der Waals surface area contributed by atoms with E-state index in [1.807, 2.05) is 12.1 Å². The van der Waals surface area contributed by atoms with Crippen molar-refractivity contribution in [1.29, 1.82) is 0 Å². The Kier molecular flexibility index (Phi) is 6.18. The van der Waals surface area contributed by atoms with Crippen LogP contribution in [0.3, 0.4) is 0 Å². The van der Waals surface area contributed by atoms with Gasteiger partial charge in [-0.05, 0) is 70.1 Å². The first-order valence-electron chi connectivity index (χ1n) is 16.6. The molecular weight excluding hydrogens is 599 g/mol. The molecule has 0 atom stereocenters. The molecule has 3 nitrogen and oxygen atoms in total. The van der Waals surface area contributed by atoms with Crippen molar-refractivity contribution in [2.45, 2.75) is 0 Å². The van der Waals surface area contributed by atoms with Crippen LogP contribution in [0.15, 0.2) is 185 Å². The maximum Gasteiger partial charge on any atom is 0.159 e. The van der Waals surface area contributed by atoms with Crippen LogP contribution in [0.4, 0.5) is 17.1 Å². The van der Waals surface area contributed by atoms with Gasteiger partial charge in [0, 0.05) is 32.6 Å². The minimum atomic E-state index is 0.827. The van der Waals surface area contributed by atoms with Crippen LogP contribution in [-0.2, 0) is 0 Å². The summed E-state index contributed by atoms with van der Waals surface area (Å²) in [4.78, 5) is 2.32. The van der Waals surface area contributed by atoms with E-state index in [1.54, 1.807) is 0 Å². The molecule has 0 fully saturated rings. The molecule has 230 valence electrons. The fourth-order valence-electron chi connectivity index (χ4n) is 7.34. The lowest BCUT2D eigenvalue weighted by molar-refractivity contribution is 0.667. The number of benzene rings is 8. The van der Waals surface area contributed by atoms with Crippen LogP contribution < -0.4 is 4.90 Å². The largest absolute Gasteiger partial charge is 0.454 e. The summed E-state index contributed by atoms with van der Waals surface area (Å²) >= 11 is 0. The number of para-hydroxylation sites is 3. The molecule has 0 spiro atoms. The highest BCUT2D eigenvalue weighted by Gasteiger charge is 2.24. The third-order valence-electron chi connectivity index (χ3n) is 9.62. The SMILES string of the molecule is c1ccc(-c2cc(-c3ccccc3)cc(N(c3cccc4c3oc3ccccc34)c3cccc4c3oc3c5ccccc5ccc43)c2)cc1. The molecule has 10 rings (SSSR count). The smallest absolute Gasteiger partial charge is 0.159 e. The Bertz CT molecular complexity index is 2770. The van der Waals surface area contributed by atoms with E-state index in [1.165, 1.54) is 0 Å². The van der Waals surface area contributed by atoms with Crippen LogP contribution in [0, 0.1) is 0 Å². The molecule has 0 radical (unpaired) electrons. The first kappa shape index (κ1) is 27.5. The van der Waals surface area contributed by atoms with Gasteiger partial charge in [0.25, 0.3) is 0 Å². The van der Waals surface area contributed by atoms with Crippen molar-refractivity contribution < 1.29 is 8.83 Å². The second-order valence-corrected chi connectivity index (χ2v) is 12.5. The Morgan fingerprint density at radius 3 is 1.55 bits per heavy atom. The third-order valence-corrected chi connectivity index (χ3v) is 9.62. The lowest BCUT2D eigenvalue weighted by Gasteiger charge is -2.27. The molecule has 10 aromatic rings. The number of hydrogen-bond donors (Lipinski definition) is 0. The summed E-state index contributed by atoms with van der Waals surface area (Å²) < 4.78 is 13.6. The molecule has 0 saturated carbocycles. The summed E-state index contributed by atoms with van der Waals surface area (Å²) in [5.74, 6) is 0. The van der Waals surface area contributed by atoms with Gasteiger partial charge < -0.3 is 13.7 Å². The predicted molar refractivity (Wildman–Crippen MR) is 204 cm³/mol. The fraction of sp³-hybridized carbons (Fsp3) is 0. The molecule has 3 heteroatoms. The van der Waals surface area contributed by atoms with Crippen LogP contribution in [-0.4, -0.2) is 0 Å². The lowest BCUT2D eigenvalue weighted by atomic mass is 9.97. The summed E-state index contributed by atoms with van der Waals surface area (Å²) in [6.45, 7) is 0. The van der Waals surface area contributed by atoms with E-state index in [0.29, 0.717) is 0 Å². The first-order valence-corrected chi connectivity index (χ1v) is 16.6. The van der Waals surface area contributed by atoms with E-state index in [0.717, 1.165) is 94.0 Å². The standard InChI is InChI=1S/C46H29NO2/c1-3-13-30(14-4-1)33-27-34(31-15-5-2-6-16-31)29-35(28-33)47(41-22-11-20-38-37-19-9-10-24-43(37)48-45(38)41)42-23-12-21-39-40-26-25-32-17-7-8-18-36(32)44(40)49-46(39)42/h1-29H. The van der Waals surface area contributed by atoms with E-state index < -0.39 is 0 Å². The zero-order chi connectivity index (χ0) is 32.3. The number of nitrogens with zero attached hydrogens (tertiary/aromatic N) is 1. The van der Waals surface area contributed by atoms with E-state index >= 15 is 0 Å². The van der Waals surface area contributed by atoms with Gasteiger partial charge in [0.15, 0.2) is 11.2 Å². The monoisotopic (exact) mass is 627 g/mol. The molecule has 2 aromatic heterocycles. The fourth-order valence-corrected chi connectivity index (χ4v) is 7.34. The van der Waals surface area contributed by atoms with Gasteiger partial charge in [0.2, 0.25) is 0 Å². The van der Waals surface area contributed by atoms with Crippen LogP contribution >= 0.6 is 0 Å². The van der Waals surface area contributed by atoms with E-state index in [2.05, 4.69) is 169 Å². The van der Waals surface area contributed by atoms with Crippen molar-refractivity contribution in [3.05, 3.63) is 176 Å². The molecule has 8 aromatic carbocycles. The maximum absolute atomic E-state index is 6.95. The van der Waals surface area contributed by atoms with Crippen molar-refractivity contribution in [2.75, 3.05) is 4.90 Å². The number of anilines is 3. The molecule has 0 N–H and O–H groups in total. The molecule has 0 aliphatic heterocycles. The Balaban J connectivity index is 1.32. The summed E-state index contributed by atoms with van der Waals surface area (Å²) in [6.07, 6.45) is 0.